The van der Waals surface area contributed by atoms with E-state index in [2.05, 4.69) is 0 Å². The first kappa shape index (κ1) is 13.0. The predicted octanol–water partition coefficient (Wildman–Crippen LogP) is 3.71. The Hall–Kier alpha value is -2.47. The Morgan fingerprint density at radius 3 is 2.37 bits per heavy atom. The van der Waals surface area contributed by atoms with Gasteiger partial charge in [-0.1, -0.05) is 42.5 Å². The van der Waals surface area contributed by atoms with Gasteiger partial charge < -0.3 is 0 Å². The van der Waals surface area contributed by atoms with Crippen molar-refractivity contribution in [1.82, 2.24) is 0 Å². The molecule has 0 radical (unpaired) electrons. The van der Waals surface area contributed by atoms with E-state index in [0.29, 0.717) is 0 Å². The Labute approximate surface area is 111 Å². The van der Waals surface area contributed by atoms with Gasteiger partial charge in [0.1, 0.15) is 5.82 Å². The number of hydrogen-bond donors (Lipinski definition) is 0. The van der Waals surface area contributed by atoms with Gasteiger partial charge in [0, 0.05) is 6.42 Å². The van der Waals surface area contributed by atoms with Crippen LogP contribution in [-0.4, -0.2) is 5.78 Å². The highest BCUT2D eigenvalue weighted by Gasteiger charge is 2.23. The molecule has 1 atom stereocenters. The van der Waals surface area contributed by atoms with Crippen LogP contribution in [0.15, 0.2) is 54.6 Å². The Bertz CT molecular complexity index is 616. The lowest BCUT2D eigenvalue weighted by Crippen LogP contribution is -2.14. The Morgan fingerprint density at radius 2 is 1.74 bits per heavy atom. The number of rotatable bonds is 4. The topological polar surface area (TPSA) is 40.9 Å². The number of ketones is 1. The van der Waals surface area contributed by atoms with Crippen LogP contribution in [0, 0.1) is 17.1 Å². The molecule has 2 aromatic rings. The summed E-state index contributed by atoms with van der Waals surface area (Å²) < 4.78 is 13.7. The molecule has 2 nitrogen and oxygen atoms in total. The fourth-order valence-corrected chi connectivity index (χ4v) is 1.99. The van der Waals surface area contributed by atoms with Crippen LogP contribution in [-0.2, 0) is 0 Å². The molecule has 1 unspecified atom stereocenters. The lowest BCUT2D eigenvalue weighted by molar-refractivity contribution is 0.0956. The van der Waals surface area contributed by atoms with E-state index in [1.165, 1.54) is 18.2 Å². The van der Waals surface area contributed by atoms with Gasteiger partial charge in [0.05, 0.1) is 17.6 Å². The fraction of sp³-hybridized carbons (Fsp3) is 0.125. The summed E-state index contributed by atoms with van der Waals surface area (Å²) >= 11 is 0. The number of Topliss-reactive ketones (excluding diaryl/α,β-unsaturated/α-hetero) is 1. The highest BCUT2D eigenvalue weighted by molar-refractivity contribution is 6.01. The molecule has 0 aromatic heterocycles. The van der Waals surface area contributed by atoms with Gasteiger partial charge in [-0.25, -0.2) is 4.39 Å². The molecule has 3 heteroatoms. The van der Waals surface area contributed by atoms with Crippen molar-refractivity contribution >= 4 is 5.78 Å². The summed E-state index contributed by atoms with van der Waals surface area (Å²) in [6.45, 7) is 0. The maximum absolute atomic E-state index is 13.7. The molecular formula is C16H12FNO. The van der Waals surface area contributed by atoms with Crippen molar-refractivity contribution in [3.05, 3.63) is 71.5 Å². The molecular weight excluding hydrogens is 241 g/mol. The zero-order valence-electron chi connectivity index (χ0n) is 10.2. The van der Waals surface area contributed by atoms with Gasteiger partial charge in [0.15, 0.2) is 5.78 Å². The molecule has 2 rings (SSSR count). The van der Waals surface area contributed by atoms with Crippen LogP contribution >= 0.6 is 0 Å². The average molecular weight is 253 g/mol. The molecule has 0 bridgehead atoms. The number of benzene rings is 2. The smallest absolute Gasteiger partial charge is 0.174 e. The summed E-state index contributed by atoms with van der Waals surface area (Å²) in [5.41, 5.74) is 0.768. The summed E-state index contributed by atoms with van der Waals surface area (Å²) in [5, 5.41) is 8.87. The second kappa shape index (κ2) is 5.92. The maximum Gasteiger partial charge on any atom is 0.174 e. The number of nitriles is 1. The summed E-state index contributed by atoms with van der Waals surface area (Å²) in [5.74, 6) is -1.53. The van der Waals surface area contributed by atoms with Crippen LogP contribution < -0.4 is 0 Å². The van der Waals surface area contributed by atoms with Gasteiger partial charge in [-0.15, -0.1) is 0 Å². The van der Waals surface area contributed by atoms with Crippen LogP contribution in [0.5, 0.6) is 0 Å². The number of nitrogens with zero attached hydrogens (tertiary/aromatic N) is 1. The predicted molar refractivity (Wildman–Crippen MR) is 70.1 cm³/mol. The van der Waals surface area contributed by atoms with Gasteiger partial charge in [0.25, 0.3) is 0 Å². The number of halogens is 1. The summed E-state index contributed by atoms with van der Waals surface area (Å²) in [6, 6.07) is 16.8. The molecule has 2 aromatic carbocycles. The second-order valence-corrected chi connectivity index (χ2v) is 4.17. The normalized spacial score (nSPS) is 11.6. The van der Waals surface area contributed by atoms with E-state index >= 15 is 0 Å². The Kier molecular flexibility index (Phi) is 4.04. The van der Waals surface area contributed by atoms with Gasteiger partial charge >= 0.3 is 0 Å². The molecule has 0 saturated carbocycles. The van der Waals surface area contributed by atoms with Crippen molar-refractivity contribution in [1.29, 1.82) is 5.26 Å². The lowest BCUT2D eigenvalue weighted by atomic mass is 9.88. The summed E-state index contributed by atoms with van der Waals surface area (Å²) in [4.78, 5) is 12.4. The summed E-state index contributed by atoms with van der Waals surface area (Å²) in [6.07, 6.45) is 0.0389. The third kappa shape index (κ3) is 2.86. The van der Waals surface area contributed by atoms with Crippen LogP contribution in [0.4, 0.5) is 4.39 Å². The zero-order valence-corrected chi connectivity index (χ0v) is 10.2. The molecule has 19 heavy (non-hydrogen) atoms. The first-order valence-corrected chi connectivity index (χ1v) is 5.94. The summed E-state index contributed by atoms with van der Waals surface area (Å²) in [7, 11) is 0. The molecule has 0 amide bonds. The highest BCUT2D eigenvalue weighted by atomic mass is 19.1. The minimum atomic E-state index is -0.622. The number of carbonyl (C=O) groups excluding carboxylic acids is 1. The van der Waals surface area contributed by atoms with Crippen molar-refractivity contribution in [2.75, 3.05) is 0 Å². The maximum atomic E-state index is 13.7. The fourth-order valence-electron chi connectivity index (χ4n) is 1.99. The van der Waals surface area contributed by atoms with Gasteiger partial charge in [-0.2, -0.15) is 5.26 Å². The van der Waals surface area contributed by atoms with Crippen LogP contribution in [0.3, 0.4) is 0 Å². The average Bonchev–Trinajstić information content (AvgIpc) is 2.45. The Morgan fingerprint density at radius 1 is 1.11 bits per heavy atom. The highest BCUT2D eigenvalue weighted by Crippen LogP contribution is 2.25. The minimum Gasteiger partial charge on any atom is -0.293 e. The van der Waals surface area contributed by atoms with E-state index in [4.69, 9.17) is 5.26 Å². The van der Waals surface area contributed by atoms with Crippen molar-refractivity contribution in [2.45, 2.75) is 12.3 Å². The second-order valence-electron chi connectivity index (χ2n) is 4.17. The molecule has 0 saturated heterocycles. The Balaban J connectivity index is 2.39. The van der Waals surface area contributed by atoms with Crippen LogP contribution in [0.25, 0.3) is 0 Å². The molecule has 0 aliphatic carbocycles. The van der Waals surface area contributed by atoms with Crippen molar-refractivity contribution in [3.8, 4) is 6.07 Å². The largest absolute Gasteiger partial charge is 0.293 e. The number of carbonyl (C=O) groups is 1. The van der Waals surface area contributed by atoms with Gasteiger partial charge in [-0.3, -0.25) is 4.79 Å². The quantitative estimate of drug-likeness (QED) is 0.779. The molecule has 0 spiro atoms. The lowest BCUT2D eigenvalue weighted by Gasteiger charge is -2.13. The number of hydrogen-bond acceptors (Lipinski definition) is 2. The molecule has 0 heterocycles. The van der Waals surface area contributed by atoms with E-state index < -0.39 is 11.7 Å². The molecule has 0 aliphatic heterocycles. The van der Waals surface area contributed by atoms with E-state index in [-0.39, 0.29) is 17.8 Å². The van der Waals surface area contributed by atoms with Crippen molar-refractivity contribution < 1.29 is 9.18 Å². The van der Waals surface area contributed by atoms with Gasteiger partial charge in [-0.05, 0) is 17.7 Å². The molecule has 0 fully saturated rings. The minimum absolute atomic E-state index is 0.0339. The molecule has 0 aliphatic rings. The first-order chi connectivity index (χ1) is 9.24. The van der Waals surface area contributed by atoms with Crippen LogP contribution in [0.1, 0.15) is 28.3 Å². The SMILES string of the molecule is N#CCC(C(=O)c1ccccc1F)c1ccccc1. The van der Waals surface area contributed by atoms with Crippen LogP contribution in [0.2, 0.25) is 0 Å². The van der Waals surface area contributed by atoms with E-state index in [0.717, 1.165) is 5.56 Å². The standard InChI is InChI=1S/C16H12FNO/c17-15-9-5-4-8-14(15)16(19)13(10-11-18)12-6-2-1-3-7-12/h1-9,13H,10H2. The van der Waals surface area contributed by atoms with Crippen molar-refractivity contribution in [2.24, 2.45) is 0 Å². The van der Waals surface area contributed by atoms with Crippen molar-refractivity contribution in [3.63, 3.8) is 0 Å². The van der Waals surface area contributed by atoms with Gasteiger partial charge in [0.2, 0.25) is 0 Å². The zero-order chi connectivity index (χ0) is 13.7. The monoisotopic (exact) mass is 253 g/mol. The third-order valence-corrected chi connectivity index (χ3v) is 2.95. The van der Waals surface area contributed by atoms with E-state index in [1.54, 1.807) is 30.3 Å². The first-order valence-electron chi connectivity index (χ1n) is 5.94. The third-order valence-electron chi connectivity index (χ3n) is 2.95. The molecule has 0 N–H and O–H groups in total. The van der Waals surface area contributed by atoms with E-state index in [9.17, 15) is 9.18 Å². The van der Waals surface area contributed by atoms with E-state index in [1.807, 2.05) is 12.1 Å². The molecule has 94 valence electrons.